The Balaban J connectivity index is 0.00000308. The van der Waals surface area contributed by atoms with Crippen LogP contribution in [0.4, 0.5) is 10.1 Å². The van der Waals surface area contributed by atoms with Crippen LogP contribution in [0.3, 0.4) is 0 Å². The number of carbonyl (C=O) groups excluding carboxylic acids is 1. The number of aromatic nitrogens is 2. The molecule has 1 aliphatic heterocycles. The second-order valence-corrected chi connectivity index (χ2v) is 14.8. The Bertz CT molecular complexity index is 1800. The van der Waals surface area contributed by atoms with E-state index >= 15 is 4.39 Å². The van der Waals surface area contributed by atoms with E-state index in [-0.39, 0.29) is 29.4 Å². The fourth-order valence-corrected chi connectivity index (χ4v) is 8.43. The van der Waals surface area contributed by atoms with Gasteiger partial charge in [0.15, 0.2) is 0 Å². The third kappa shape index (κ3) is 9.74. The molecule has 0 saturated heterocycles. The third-order valence-electron chi connectivity index (χ3n) is 11.8. The van der Waals surface area contributed by atoms with E-state index in [0.717, 1.165) is 70.6 Å². The molecule has 8 heteroatoms. The first kappa shape index (κ1) is 41.7. The van der Waals surface area contributed by atoms with Crippen LogP contribution in [0, 0.1) is 31.5 Å². The summed E-state index contributed by atoms with van der Waals surface area (Å²) >= 11 is 0. The smallest absolute Gasteiger partial charge is 0.257 e. The van der Waals surface area contributed by atoms with Gasteiger partial charge in [0.25, 0.3) is 11.5 Å². The Labute approximate surface area is 318 Å². The fourth-order valence-electron chi connectivity index (χ4n) is 8.43. The van der Waals surface area contributed by atoms with Crippen LogP contribution in [0.1, 0.15) is 126 Å². The van der Waals surface area contributed by atoms with Crippen molar-refractivity contribution in [2.75, 3.05) is 32.5 Å². The maximum absolute atomic E-state index is 15.9. The summed E-state index contributed by atoms with van der Waals surface area (Å²) in [6, 6.07) is 9.02. The highest BCUT2D eigenvalue weighted by Gasteiger charge is 2.31. The molecule has 7 nitrogen and oxygen atoms in total. The van der Waals surface area contributed by atoms with Gasteiger partial charge in [-0.25, -0.2) is 4.39 Å². The molecule has 3 aromatic rings. The van der Waals surface area contributed by atoms with Crippen molar-refractivity contribution >= 4 is 23.2 Å². The van der Waals surface area contributed by atoms with Crippen LogP contribution >= 0.6 is 0 Å². The Kier molecular flexibility index (Phi) is 15.2. The summed E-state index contributed by atoms with van der Waals surface area (Å²) in [6.07, 6.45) is 16.7. The summed E-state index contributed by atoms with van der Waals surface area (Å²) in [4.78, 5) is 35.3. The predicted octanol–water partition coefficient (Wildman–Crippen LogP) is 10.1. The van der Waals surface area contributed by atoms with Crippen molar-refractivity contribution in [3.63, 3.8) is 0 Å². The lowest BCUT2D eigenvalue weighted by molar-refractivity contribution is 0.0650. The van der Waals surface area contributed by atoms with Crippen molar-refractivity contribution < 1.29 is 9.18 Å². The number of nitrogens with one attached hydrogen (secondary N) is 1. The molecule has 1 aliphatic carbocycles. The zero-order valence-corrected chi connectivity index (χ0v) is 34.1. The molecule has 0 radical (unpaired) electrons. The highest BCUT2D eigenvalue weighted by Crippen LogP contribution is 2.37. The van der Waals surface area contributed by atoms with Crippen LogP contribution in [0.25, 0.3) is 17.3 Å². The van der Waals surface area contributed by atoms with E-state index in [2.05, 4.69) is 55.0 Å². The van der Waals surface area contributed by atoms with Crippen LogP contribution in [0.5, 0.6) is 0 Å². The van der Waals surface area contributed by atoms with E-state index in [0.29, 0.717) is 24.1 Å². The number of carbonyl (C=O) groups is 1. The normalized spacial score (nSPS) is 19.1. The maximum atomic E-state index is 15.9. The lowest BCUT2D eigenvalue weighted by Crippen LogP contribution is -2.40. The Morgan fingerprint density at radius 3 is 2.42 bits per heavy atom. The van der Waals surface area contributed by atoms with Crippen molar-refractivity contribution in [3.8, 4) is 5.69 Å². The van der Waals surface area contributed by atoms with Gasteiger partial charge in [0, 0.05) is 85.8 Å². The number of amides is 1. The Morgan fingerprint density at radius 1 is 1.11 bits per heavy atom. The van der Waals surface area contributed by atoms with E-state index in [1.165, 1.54) is 38.2 Å². The number of nitrogens with zero attached hydrogens (tertiary/aromatic N) is 4. The number of benzene rings is 1. The number of hydrogen-bond donors (Lipinski definition) is 1. The zero-order chi connectivity index (χ0) is 38.8. The van der Waals surface area contributed by atoms with E-state index in [4.69, 9.17) is 0 Å². The van der Waals surface area contributed by atoms with Gasteiger partial charge in [0.05, 0.1) is 5.69 Å². The number of halogens is 1. The average molecular weight is 726 g/mol. The SMILES string of the molecule is CC.CCCC(CC)C1CCC(N(C)C(=O)c2cc(C)c(C3=CCN(C(C)/C(C)=C/c4c(-n5ccc(NC)cc5=O)ccnc4C)CC3)c(F)c2)CC1. The highest BCUT2D eigenvalue weighted by atomic mass is 19.1. The molecule has 1 amide bonds. The second kappa shape index (κ2) is 19.3. The number of anilines is 1. The van der Waals surface area contributed by atoms with Gasteiger partial charge in [-0.2, -0.15) is 0 Å². The second-order valence-electron chi connectivity index (χ2n) is 14.8. The molecule has 1 fully saturated rings. The van der Waals surface area contributed by atoms with Gasteiger partial charge in [-0.15, -0.1) is 0 Å². The molecule has 5 rings (SSSR count). The monoisotopic (exact) mass is 726 g/mol. The molecular formula is C45H64FN5O2. The maximum Gasteiger partial charge on any atom is 0.257 e. The van der Waals surface area contributed by atoms with Crippen LogP contribution in [0.2, 0.25) is 0 Å². The molecular weight excluding hydrogens is 662 g/mol. The summed E-state index contributed by atoms with van der Waals surface area (Å²) in [5.74, 6) is 1.14. The van der Waals surface area contributed by atoms with Gasteiger partial charge < -0.3 is 10.2 Å². The molecule has 1 aromatic carbocycles. The van der Waals surface area contributed by atoms with Crippen molar-refractivity contribution in [1.29, 1.82) is 0 Å². The van der Waals surface area contributed by atoms with Gasteiger partial charge in [0.1, 0.15) is 5.82 Å². The Morgan fingerprint density at radius 2 is 1.83 bits per heavy atom. The van der Waals surface area contributed by atoms with Crippen molar-refractivity contribution in [2.24, 2.45) is 11.8 Å². The molecule has 2 aliphatic rings. The summed E-state index contributed by atoms with van der Waals surface area (Å²) in [5.41, 5.74) is 7.23. The lowest BCUT2D eigenvalue weighted by atomic mass is 9.75. The van der Waals surface area contributed by atoms with Gasteiger partial charge in [-0.3, -0.25) is 24.0 Å². The number of aryl methyl sites for hydroxylation is 2. The van der Waals surface area contributed by atoms with Gasteiger partial charge >= 0.3 is 0 Å². The summed E-state index contributed by atoms with van der Waals surface area (Å²) < 4.78 is 17.5. The molecule has 0 spiro atoms. The van der Waals surface area contributed by atoms with Crippen LogP contribution in [-0.2, 0) is 0 Å². The molecule has 2 atom stereocenters. The predicted molar refractivity (Wildman–Crippen MR) is 220 cm³/mol. The van der Waals surface area contributed by atoms with Crippen molar-refractivity contribution in [3.05, 3.63) is 98.5 Å². The minimum absolute atomic E-state index is 0.0839. The van der Waals surface area contributed by atoms with E-state index in [1.54, 1.807) is 30.1 Å². The minimum atomic E-state index is -0.317. The van der Waals surface area contributed by atoms with Gasteiger partial charge in [0.2, 0.25) is 0 Å². The van der Waals surface area contributed by atoms with Gasteiger partial charge in [-0.1, -0.05) is 64.7 Å². The molecule has 2 unspecified atom stereocenters. The fraction of sp³-hybridized carbons (Fsp3) is 0.533. The molecule has 288 valence electrons. The minimum Gasteiger partial charge on any atom is -0.388 e. The molecule has 2 aromatic heterocycles. The molecule has 3 heterocycles. The van der Waals surface area contributed by atoms with E-state index in [9.17, 15) is 9.59 Å². The summed E-state index contributed by atoms with van der Waals surface area (Å²) in [7, 11) is 3.69. The highest BCUT2D eigenvalue weighted by molar-refractivity contribution is 5.95. The molecule has 53 heavy (non-hydrogen) atoms. The quantitative estimate of drug-likeness (QED) is 0.201. The molecule has 1 N–H and O–H groups in total. The van der Waals surface area contributed by atoms with Crippen molar-refractivity contribution in [2.45, 2.75) is 119 Å². The van der Waals surface area contributed by atoms with Crippen molar-refractivity contribution in [1.82, 2.24) is 19.4 Å². The number of hydrogen-bond acceptors (Lipinski definition) is 5. The first-order valence-corrected chi connectivity index (χ1v) is 20.0. The Hall–Kier alpha value is -4.04. The van der Waals surface area contributed by atoms with E-state index in [1.807, 2.05) is 57.8 Å². The van der Waals surface area contributed by atoms with Gasteiger partial charge in [-0.05, 0) is 107 Å². The molecule has 1 saturated carbocycles. The van der Waals surface area contributed by atoms with Crippen LogP contribution in [0.15, 0.2) is 59.2 Å². The molecule has 0 bridgehead atoms. The van der Waals surface area contributed by atoms with Crippen LogP contribution in [-0.4, -0.2) is 64.5 Å². The third-order valence-corrected chi connectivity index (χ3v) is 11.8. The standard InChI is InChI=1S/C43H58FN5O2.C2H6/c1-9-11-32(10-2)33-12-14-37(15-13-33)47(8)43(51)35-24-29(4)42(39(44)26-35)34-17-21-48(22-18-34)31(6)28(3)25-38-30(5)46-20-16-40(38)49-23-19-36(45-7)27-41(49)50;1-2/h16-17,19-20,23-27,31-33,37,45H,9-15,18,21-22H2,1-8H3;1-2H3/b28-25+;. The first-order valence-electron chi connectivity index (χ1n) is 20.0. The van der Waals surface area contributed by atoms with Crippen LogP contribution < -0.4 is 10.9 Å². The lowest BCUT2D eigenvalue weighted by Gasteiger charge is -2.37. The number of pyridine rings is 2. The first-order chi connectivity index (χ1) is 25.5. The summed E-state index contributed by atoms with van der Waals surface area (Å²) in [5, 5.41) is 3.02. The number of rotatable bonds is 12. The van der Waals surface area contributed by atoms with E-state index < -0.39 is 0 Å². The summed E-state index contributed by atoms with van der Waals surface area (Å²) in [6.45, 7) is 18.2. The zero-order valence-electron chi connectivity index (χ0n) is 34.1. The topological polar surface area (TPSA) is 70.5 Å². The average Bonchev–Trinajstić information content (AvgIpc) is 3.17. The largest absolute Gasteiger partial charge is 0.388 e.